The van der Waals surface area contributed by atoms with Crippen LogP contribution >= 0.6 is 11.8 Å². The molecule has 1 aromatic carbocycles. The molecule has 0 atom stereocenters. The van der Waals surface area contributed by atoms with Crippen LogP contribution in [0.5, 0.6) is 0 Å². The predicted octanol–water partition coefficient (Wildman–Crippen LogP) is 6.05. The van der Waals surface area contributed by atoms with Crippen LogP contribution in [0, 0.1) is 0 Å². The lowest BCUT2D eigenvalue weighted by atomic mass is 10.1. The van der Waals surface area contributed by atoms with Crippen molar-refractivity contribution in [2.24, 2.45) is 4.99 Å². The third-order valence-corrected chi connectivity index (χ3v) is 7.90. The van der Waals surface area contributed by atoms with Crippen molar-refractivity contribution in [2.45, 2.75) is 32.1 Å². The number of rotatable bonds is 8. The van der Waals surface area contributed by atoms with Crippen molar-refractivity contribution >= 4 is 54.6 Å². The summed E-state index contributed by atoms with van der Waals surface area (Å²) in [6, 6.07) is 12.8. The van der Waals surface area contributed by atoms with E-state index < -0.39 is 9.84 Å². The van der Waals surface area contributed by atoms with Crippen molar-refractivity contribution in [3.05, 3.63) is 83.0 Å². The molecule has 0 spiro atoms. The summed E-state index contributed by atoms with van der Waals surface area (Å²) in [5, 5.41) is 5.34. The maximum atomic E-state index is 12.7. The number of nitrogens with zero attached hydrogens (tertiary/aromatic N) is 3. The highest BCUT2D eigenvalue weighted by Crippen LogP contribution is 2.29. The molecule has 10 heteroatoms. The predicted molar refractivity (Wildman–Crippen MR) is 158 cm³/mol. The van der Waals surface area contributed by atoms with E-state index in [9.17, 15) is 13.2 Å². The van der Waals surface area contributed by atoms with Crippen molar-refractivity contribution in [1.29, 1.82) is 0 Å². The number of nitrogens with one attached hydrogen (secondary N) is 2. The van der Waals surface area contributed by atoms with Crippen LogP contribution in [0.15, 0.2) is 81.8 Å². The molecule has 3 aromatic heterocycles. The molecule has 0 saturated heterocycles. The SMILES string of the molecule is C/C=C(\N=C(C)SCCC)c1ccc(Nc2nc(-c3cncc(S(C)(=O)=O)c3)cc3cc[nH]c(=O)c23)cc1. The summed E-state index contributed by atoms with van der Waals surface area (Å²) in [5.41, 5.74) is 3.34. The number of hydrogen-bond donors (Lipinski definition) is 2. The molecule has 4 rings (SSSR count). The van der Waals surface area contributed by atoms with Gasteiger partial charge < -0.3 is 10.3 Å². The zero-order valence-electron chi connectivity index (χ0n) is 21.6. The van der Waals surface area contributed by atoms with E-state index in [-0.39, 0.29) is 10.5 Å². The number of anilines is 2. The summed E-state index contributed by atoms with van der Waals surface area (Å²) < 4.78 is 24.1. The molecule has 0 unspecified atom stereocenters. The van der Waals surface area contributed by atoms with Crippen molar-refractivity contribution in [2.75, 3.05) is 17.3 Å². The summed E-state index contributed by atoms with van der Waals surface area (Å²) in [6.07, 6.45) is 8.63. The molecule has 0 saturated carbocycles. The second-order valence-corrected chi connectivity index (χ2v) is 12.0. The standard InChI is InChI=1S/C28H29N5O3S2/c1-5-13-37-18(3)31-24(6-2)19-7-9-22(10-8-19)32-27-26-20(11-12-30-28(26)34)15-25(33-27)21-14-23(17-29-16-21)38(4,35)36/h6-12,14-17H,5,13H2,1-4H3,(H,30,34)(H,32,33)/b24-6-,31-18?. The van der Waals surface area contributed by atoms with Gasteiger partial charge in [0, 0.05) is 36.1 Å². The molecule has 38 heavy (non-hydrogen) atoms. The highest BCUT2D eigenvalue weighted by atomic mass is 32.2. The zero-order valence-corrected chi connectivity index (χ0v) is 23.3. The molecule has 0 aliphatic rings. The van der Waals surface area contributed by atoms with Gasteiger partial charge in [0.15, 0.2) is 9.84 Å². The fourth-order valence-electron chi connectivity index (χ4n) is 3.82. The van der Waals surface area contributed by atoms with Gasteiger partial charge in [-0.15, -0.1) is 11.8 Å². The molecular formula is C28H29N5O3S2. The van der Waals surface area contributed by atoms with Gasteiger partial charge in [0.1, 0.15) is 5.82 Å². The number of fused-ring (bicyclic) bond motifs is 1. The maximum absolute atomic E-state index is 12.7. The first-order valence-corrected chi connectivity index (χ1v) is 15.0. The first kappa shape index (κ1) is 27.3. The normalized spacial score (nSPS) is 12.6. The molecule has 0 aliphatic heterocycles. The highest BCUT2D eigenvalue weighted by Gasteiger charge is 2.14. The Morgan fingerprint density at radius 3 is 2.61 bits per heavy atom. The second kappa shape index (κ2) is 11.7. The fourth-order valence-corrected chi connectivity index (χ4v) is 5.08. The number of aromatic nitrogens is 3. The molecule has 0 fully saturated rings. The van der Waals surface area contributed by atoms with E-state index in [1.54, 1.807) is 36.3 Å². The average Bonchev–Trinajstić information content (AvgIpc) is 2.90. The average molecular weight is 548 g/mol. The van der Waals surface area contributed by atoms with E-state index in [0.717, 1.165) is 40.4 Å². The summed E-state index contributed by atoms with van der Waals surface area (Å²) in [4.78, 5) is 29.1. The van der Waals surface area contributed by atoms with Crippen LogP contribution in [-0.2, 0) is 9.84 Å². The lowest BCUT2D eigenvalue weighted by Gasteiger charge is -2.12. The third kappa shape index (κ3) is 6.38. The monoisotopic (exact) mass is 547 g/mol. The molecule has 0 aliphatic carbocycles. The Balaban J connectivity index is 1.71. The minimum atomic E-state index is -3.44. The van der Waals surface area contributed by atoms with Gasteiger partial charge >= 0.3 is 0 Å². The fraction of sp³-hybridized carbons (Fsp3) is 0.214. The van der Waals surface area contributed by atoms with E-state index in [1.807, 2.05) is 44.2 Å². The molecule has 4 aromatic rings. The van der Waals surface area contributed by atoms with Crippen molar-refractivity contribution in [3.8, 4) is 11.3 Å². The highest BCUT2D eigenvalue weighted by molar-refractivity contribution is 8.13. The third-order valence-electron chi connectivity index (χ3n) is 5.70. The van der Waals surface area contributed by atoms with Gasteiger partial charge in [-0.1, -0.05) is 25.1 Å². The second-order valence-electron chi connectivity index (χ2n) is 8.66. The number of allylic oxidation sites excluding steroid dienone is 1. The topological polar surface area (TPSA) is 117 Å². The molecule has 8 nitrogen and oxygen atoms in total. The number of H-pyrrole nitrogens is 1. The summed E-state index contributed by atoms with van der Waals surface area (Å²) in [7, 11) is -3.44. The van der Waals surface area contributed by atoms with Crippen LogP contribution in [0.1, 0.15) is 32.8 Å². The number of hydrogen-bond acceptors (Lipinski definition) is 8. The summed E-state index contributed by atoms with van der Waals surface area (Å²) >= 11 is 1.74. The van der Waals surface area contributed by atoms with E-state index in [4.69, 9.17) is 9.98 Å². The zero-order chi connectivity index (χ0) is 27.3. The van der Waals surface area contributed by atoms with Gasteiger partial charge in [-0.3, -0.25) is 9.78 Å². The van der Waals surface area contributed by atoms with Gasteiger partial charge in [0.25, 0.3) is 5.56 Å². The summed E-state index contributed by atoms with van der Waals surface area (Å²) in [5.74, 6) is 1.39. The van der Waals surface area contributed by atoms with Crippen molar-refractivity contribution in [3.63, 3.8) is 0 Å². The Morgan fingerprint density at radius 2 is 1.92 bits per heavy atom. The van der Waals surface area contributed by atoms with E-state index in [2.05, 4.69) is 22.2 Å². The molecule has 0 radical (unpaired) electrons. The van der Waals surface area contributed by atoms with Crippen LogP contribution in [0.25, 0.3) is 27.7 Å². The Labute approximate surface area is 226 Å². The number of thioether (sulfide) groups is 1. The van der Waals surface area contributed by atoms with Gasteiger partial charge in [0.05, 0.1) is 26.7 Å². The number of pyridine rings is 3. The molecule has 0 amide bonds. The van der Waals surface area contributed by atoms with Gasteiger partial charge in [-0.05, 0) is 67.3 Å². The first-order valence-electron chi connectivity index (χ1n) is 12.1. The Bertz CT molecular complexity index is 1690. The molecular weight excluding hydrogens is 518 g/mol. The number of sulfone groups is 1. The van der Waals surface area contributed by atoms with Gasteiger partial charge in [-0.25, -0.2) is 18.4 Å². The van der Waals surface area contributed by atoms with E-state index in [1.165, 1.54) is 12.3 Å². The smallest absolute Gasteiger partial charge is 0.259 e. The van der Waals surface area contributed by atoms with Gasteiger partial charge in [0.2, 0.25) is 0 Å². The van der Waals surface area contributed by atoms with Crippen LogP contribution < -0.4 is 10.9 Å². The Morgan fingerprint density at radius 1 is 1.16 bits per heavy atom. The molecule has 0 bridgehead atoms. The number of benzene rings is 1. The van der Waals surface area contributed by atoms with Crippen LogP contribution in [0.4, 0.5) is 11.5 Å². The number of aromatic amines is 1. The first-order chi connectivity index (χ1) is 18.2. The van der Waals surface area contributed by atoms with Crippen molar-refractivity contribution in [1.82, 2.24) is 15.0 Å². The van der Waals surface area contributed by atoms with Crippen LogP contribution in [0.2, 0.25) is 0 Å². The van der Waals surface area contributed by atoms with Gasteiger partial charge in [-0.2, -0.15) is 0 Å². The van der Waals surface area contributed by atoms with E-state index >= 15 is 0 Å². The minimum Gasteiger partial charge on any atom is -0.340 e. The van der Waals surface area contributed by atoms with Crippen LogP contribution in [0.3, 0.4) is 0 Å². The summed E-state index contributed by atoms with van der Waals surface area (Å²) in [6.45, 7) is 6.13. The molecule has 3 heterocycles. The Kier molecular flexibility index (Phi) is 8.43. The lowest BCUT2D eigenvalue weighted by molar-refractivity contribution is 0.601. The largest absolute Gasteiger partial charge is 0.340 e. The minimum absolute atomic E-state index is 0.0960. The quantitative estimate of drug-likeness (QED) is 0.204. The van der Waals surface area contributed by atoms with Crippen molar-refractivity contribution < 1.29 is 8.42 Å². The lowest BCUT2D eigenvalue weighted by Crippen LogP contribution is -2.09. The Hall–Kier alpha value is -3.76. The van der Waals surface area contributed by atoms with Crippen LogP contribution in [-0.4, -0.2) is 40.4 Å². The number of aliphatic imine (C=N–C) groups is 1. The molecule has 2 N–H and O–H groups in total. The van der Waals surface area contributed by atoms with E-state index in [0.29, 0.717) is 27.8 Å². The maximum Gasteiger partial charge on any atom is 0.259 e. The molecule has 196 valence electrons.